The number of carboxylic acid groups (broad SMARTS) is 1. The van der Waals surface area contributed by atoms with Crippen molar-refractivity contribution in [1.29, 1.82) is 0 Å². The molecule has 1 rings (SSSR count). The number of ether oxygens (including phenoxy) is 2. The van der Waals surface area contributed by atoms with Crippen LogP contribution in [0.5, 0.6) is 0 Å². The first-order valence-electron chi connectivity index (χ1n) is 8.51. The van der Waals surface area contributed by atoms with Crippen LogP contribution < -0.4 is 10.9 Å². The van der Waals surface area contributed by atoms with E-state index in [1.807, 2.05) is 0 Å². The molecule has 0 aliphatic rings. The molecule has 17 heteroatoms. The number of carbonyl (C=O) groups excluding carboxylic acids is 2. The van der Waals surface area contributed by atoms with Gasteiger partial charge in [0.05, 0.1) is 32.9 Å². The monoisotopic (exact) mass is 480 g/mol. The molecule has 0 aliphatic carbocycles. The minimum Gasteiger partial charge on any atom is -0.478 e. The van der Waals surface area contributed by atoms with Gasteiger partial charge in [-0.25, -0.2) is 14.4 Å². The zero-order chi connectivity index (χ0) is 25.7. The van der Waals surface area contributed by atoms with Crippen LogP contribution in [-0.2, 0) is 37.0 Å². The number of hydrogen-bond acceptors (Lipinski definition) is 7. The van der Waals surface area contributed by atoms with E-state index in [0.29, 0.717) is 0 Å². The van der Waals surface area contributed by atoms with Gasteiger partial charge in [0.2, 0.25) is 6.10 Å². The zero-order valence-electron chi connectivity index (χ0n) is 16.5. The molecular weight excluding hydrogens is 468 g/mol. The summed E-state index contributed by atoms with van der Waals surface area (Å²) in [6, 6.07) is 0. The Kier molecular flexibility index (Phi) is 9.43. The van der Waals surface area contributed by atoms with E-state index in [0.717, 1.165) is 0 Å². The van der Waals surface area contributed by atoms with Crippen LogP contribution in [0.2, 0.25) is 0 Å². The molecule has 8 radical (unpaired) electrons. The Morgan fingerprint density at radius 2 is 1.58 bits per heavy atom. The van der Waals surface area contributed by atoms with E-state index < -0.39 is 69.0 Å². The summed E-state index contributed by atoms with van der Waals surface area (Å²) in [5, 5.41) is 9.43. The molecule has 2 N–H and O–H groups in total. The molecular formula is C16H11B4F3O9S. The minimum absolute atomic E-state index is 0.000507. The fraction of sp³-hybridized carbons (Fsp3) is 0.312. The molecule has 33 heavy (non-hydrogen) atoms. The van der Waals surface area contributed by atoms with Gasteiger partial charge in [-0.05, 0) is 5.56 Å². The number of hydrogen-bond donors (Lipinski definition) is 2. The van der Waals surface area contributed by atoms with E-state index in [-0.39, 0.29) is 35.2 Å². The summed E-state index contributed by atoms with van der Waals surface area (Å²) in [7, 11) is 17.4. The Balaban J connectivity index is 3.20. The largest absolute Gasteiger partial charge is 0.478 e. The lowest BCUT2D eigenvalue weighted by Crippen LogP contribution is -2.39. The second kappa shape index (κ2) is 11.0. The van der Waals surface area contributed by atoms with Crippen molar-refractivity contribution in [3.8, 4) is 0 Å². The lowest BCUT2D eigenvalue weighted by molar-refractivity contribution is -0.212. The molecule has 0 bridgehead atoms. The second-order valence-corrected chi connectivity index (χ2v) is 7.67. The van der Waals surface area contributed by atoms with Gasteiger partial charge in [-0.3, -0.25) is 4.55 Å². The van der Waals surface area contributed by atoms with Gasteiger partial charge in [-0.1, -0.05) is 29.1 Å². The number of aromatic carboxylic acids is 1. The molecule has 168 valence electrons. The topological polar surface area (TPSA) is 144 Å². The molecule has 0 saturated heterocycles. The average molecular weight is 480 g/mol. The van der Waals surface area contributed by atoms with Crippen LogP contribution in [-0.4, -0.2) is 85.4 Å². The highest BCUT2D eigenvalue weighted by Gasteiger charge is 2.45. The van der Waals surface area contributed by atoms with E-state index >= 15 is 0 Å². The molecule has 0 heterocycles. The minimum atomic E-state index is -5.35. The third-order valence-corrected chi connectivity index (χ3v) is 4.71. The predicted octanol–water partition coefficient (Wildman–Crippen LogP) is -1.66. The Morgan fingerprint density at radius 1 is 1.03 bits per heavy atom. The summed E-state index contributed by atoms with van der Waals surface area (Å²) in [5.41, 5.74) is -2.27. The van der Waals surface area contributed by atoms with Crippen LogP contribution in [0.4, 0.5) is 13.2 Å². The lowest BCUT2D eigenvalue weighted by atomic mass is 9.68. The number of carbonyl (C=O) groups is 3. The van der Waals surface area contributed by atoms with Crippen molar-refractivity contribution in [2.24, 2.45) is 0 Å². The zero-order valence-corrected chi connectivity index (χ0v) is 17.3. The van der Waals surface area contributed by atoms with Crippen LogP contribution in [0.1, 0.15) is 31.8 Å². The van der Waals surface area contributed by atoms with Gasteiger partial charge in [-0.2, -0.15) is 21.6 Å². The first-order chi connectivity index (χ1) is 15.0. The molecule has 9 nitrogen and oxygen atoms in total. The number of esters is 2. The third-order valence-electron chi connectivity index (χ3n) is 3.99. The maximum absolute atomic E-state index is 12.8. The maximum Gasteiger partial charge on any atom is 0.426 e. The Morgan fingerprint density at radius 3 is 2.00 bits per heavy atom. The molecule has 0 amide bonds. The Labute approximate surface area is 191 Å². The van der Waals surface area contributed by atoms with E-state index in [2.05, 4.69) is 9.47 Å². The average Bonchev–Trinajstić information content (AvgIpc) is 2.65. The molecule has 1 unspecified atom stereocenters. The van der Waals surface area contributed by atoms with Gasteiger partial charge in [0, 0.05) is 0 Å². The summed E-state index contributed by atoms with van der Waals surface area (Å²) in [6.07, 6.45) is -8.90. The van der Waals surface area contributed by atoms with Gasteiger partial charge < -0.3 is 14.6 Å². The van der Waals surface area contributed by atoms with Crippen molar-refractivity contribution in [1.82, 2.24) is 0 Å². The van der Waals surface area contributed by atoms with Crippen LogP contribution in [0.15, 0.2) is 12.3 Å². The van der Waals surface area contributed by atoms with Gasteiger partial charge >= 0.3 is 24.1 Å². The second-order valence-electron chi connectivity index (χ2n) is 6.17. The first kappa shape index (κ1) is 28.4. The van der Waals surface area contributed by atoms with Gasteiger partial charge in [0.1, 0.15) is 27.7 Å². The Bertz CT molecular complexity index is 1090. The number of benzene rings is 1. The molecule has 0 saturated carbocycles. The van der Waals surface area contributed by atoms with Crippen molar-refractivity contribution >= 4 is 70.3 Å². The highest BCUT2D eigenvalue weighted by Crippen LogP contribution is 2.24. The van der Waals surface area contributed by atoms with Crippen molar-refractivity contribution in [3.05, 3.63) is 34.6 Å². The number of rotatable bonds is 9. The van der Waals surface area contributed by atoms with Crippen molar-refractivity contribution in [2.75, 3.05) is 5.75 Å². The number of alkyl halides is 3. The quantitative estimate of drug-likeness (QED) is 0.140. The molecule has 1 aromatic rings. The summed E-state index contributed by atoms with van der Waals surface area (Å²) in [5.74, 6) is -6.89. The standard InChI is InChI=1S/C16H11B4F3O9S/c17-3-6-10(11(14(25)26)13(20)7(4-18)12(6)19)15(27)31-2-1-9(24)32-8(16(21,22)23)5-33(28,29)30/h1-2,8H,3-5H2,(H,25,26)(H,28,29,30)/b2-1+. The fourth-order valence-electron chi connectivity index (χ4n) is 2.55. The summed E-state index contributed by atoms with van der Waals surface area (Å²) < 4.78 is 76.6. The van der Waals surface area contributed by atoms with Gasteiger partial charge in [0.15, 0.2) is 0 Å². The van der Waals surface area contributed by atoms with Crippen LogP contribution in [0.3, 0.4) is 0 Å². The van der Waals surface area contributed by atoms with E-state index in [9.17, 15) is 41.1 Å². The number of carboxylic acids is 1. The number of halogens is 3. The normalized spacial score (nSPS) is 13.0. The lowest BCUT2D eigenvalue weighted by Gasteiger charge is -2.21. The highest BCUT2D eigenvalue weighted by atomic mass is 32.2. The van der Waals surface area contributed by atoms with Crippen molar-refractivity contribution < 1.29 is 55.1 Å². The molecule has 0 spiro atoms. The van der Waals surface area contributed by atoms with Crippen molar-refractivity contribution in [2.45, 2.75) is 24.9 Å². The first-order valence-corrected chi connectivity index (χ1v) is 10.1. The summed E-state index contributed by atoms with van der Waals surface area (Å²) >= 11 is 0. The molecule has 0 aromatic heterocycles. The molecule has 0 aliphatic heterocycles. The Hall–Kier alpha value is -2.67. The SMILES string of the molecule is [B]Cc1c([B])c(C[B])c(C(=O)O/C=C/C(=O)OC(CS(=O)(=O)O)C(F)(F)F)c(C(=O)O)c1[B]. The van der Waals surface area contributed by atoms with Gasteiger partial charge in [0.25, 0.3) is 10.1 Å². The molecule has 1 aromatic carbocycles. The summed E-state index contributed by atoms with van der Waals surface area (Å²) in [4.78, 5) is 35.6. The van der Waals surface area contributed by atoms with Crippen LogP contribution in [0.25, 0.3) is 0 Å². The summed E-state index contributed by atoms with van der Waals surface area (Å²) in [6.45, 7) is 0. The molecule has 0 fully saturated rings. The van der Waals surface area contributed by atoms with E-state index in [1.54, 1.807) is 0 Å². The molecule has 1 atom stereocenters. The smallest absolute Gasteiger partial charge is 0.426 e. The maximum atomic E-state index is 12.8. The van der Waals surface area contributed by atoms with Gasteiger partial charge in [-0.15, -0.1) is 0 Å². The third kappa shape index (κ3) is 7.42. The van der Waals surface area contributed by atoms with Crippen LogP contribution >= 0.6 is 0 Å². The van der Waals surface area contributed by atoms with Crippen LogP contribution in [0, 0.1) is 0 Å². The van der Waals surface area contributed by atoms with E-state index in [1.165, 1.54) is 0 Å². The predicted molar refractivity (Wildman–Crippen MR) is 110 cm³/mol. The van der Waals surface area contributed by atoms with E-state index in [4.69, 9.17) is 35.9 Å². The fourth-order valence-corrected chi connectivity index (χ4v) is 3.19. The highest BCUT2D eigenvalue weighted by molar-refractivity contribution is 7.85. The van der Waals surface area contributed by atoms with Crippen molar-refractivity contribution in [3.63, 3.8) is 0 Å².